The van der Waals surface area contributed by atoms with Crippen molar-refractivity contribution in [2.24, 2.45) is 0 Å². The van der Waals surface area contributed by atoms with E-state index >= 15 is 0 Å². The number of amides is 1. The van der Waals surface area contributed by atoms with Gasteiger partial charge in [-0.3, -0.25) is 4.90 Å². The second-order valence-corrected chi connectivity index (χ2v) is 7.45. The number of carbonyl (C=O) groups excluding carboxylic acids is 1. The first kappa shape index (κ1) is 18.6. The Balaban J connectivity index is 1.93. The Morgan fingerprint density at radius 1 is 1.42 bits per heavy atom. The van der Waals surface area contributed by atoms with Gasteiger partial charge in [-0.15, -0.1) is 6.58 Å². The van der Waals surface area contributed by atoms with Gasteiger partial charge in [-0.2, -0.15) is 8.78 Å². The zero-order chi connectivity index (χ0) is 19.1. The quantitative estimate of drug-likeness (QED) is 0.756. The van der Waals surface area contributed by atoms with E-state index in [1.807, 2.05) is 20.8 Å². The normalized spacial score (nSPS) is 24.8. The van der Waals surface area contributed by atoms with Crippen molar-refractivity contribution in [2.45, 2.75) is 57.6 Å². The van der Waals surface area contributed by atoms with Crippen LogP contribution in [0.3, 0.4) is 0 Å². The molecule has 1 fully saturated rings. The van der Waals surface area contributed by atoms with E-state index in [4.69, 9.17) is 9.47 Å². The highest BCUT2D eigenvalue weighted by molar-refractivity contribution is 5.70. The van der Waals surface area contributed by atoms with Gasteiger partial charge in [0.05, 0.1) is 24.8 Å². The second kappa shape index (κ2) is 6.87. The van der Waals surface area contributed by atoms with Crippen LogP contribution in [0.4, 0.5) is 13.6 Å². The molecule has 0 aromatic heterocycles. The molecule has 0 N–H and O–H groups in total. The second-order valence-electron chi connectivity index (χ2n) is 7.45. The number of rotatable bonds is 3. The lowest BCUT2D eigenvalue weighted by Crippen LogP contribution is -2.53. The lowest BCUT2D eigenvalue weighted by atomic mass is 10.0. The summed E-state index contributed by atoms with van der Waals surface area (Å²) in [6.07, 6.45) is 1.48. The highest BCUT2D eigenvalue weighted by Crippen LogP contribution is 2.43. The van der Waals surface area contributed by atoms with Gasteiger partial charge >= 0.3 is 12.7 Å². The average Bonchev–Trinajstić information content (AvgIpc) is 2.89. The van der Waals surface area contributed by atoms with Crippen molar-refractivity contribution in [1.82, 2.24) is 4.90 Å². The minimum absolute atomic E-state index is 0.0986. The van der Waals surface area contributed by atoms with E-state index in [9.17, 15) is 13.6 Å². The number of ether oxygens (including phenoxy) is 3. The van der Waals surface area contributed by atoms with E-state index in [0.717, 1.165) is 11.1 Å². The molecule has 7 heteroatoms. The maximum atomic E-state index is 12.8. The molecule has 2 aliphatic rings. The number of carbonyl (C=O) groups is 1. The Hall–Kier alpha value is -2.15. The van der Waals surface area contributed by atoms with Gasteiger partial charge in [0.2, 0.25) is 0 Å². The van der Waals surface area contributed by atoms with Crippen LogP contribution in [0.1, 0.15) is 37.9 Å². The number of hydrogen-bond donors (Lipinski definition) is 0. The van der Waals surface area contributed by atoms with Gasteiger partial charge in [0.25, 0.3) is 0 Å². The largest absolute Gasteiger partial charge is 0.444 e. The molecular formula is C19H23F2NO4. The van der Waals surface area contributed by atoms with Crippen LogP contribution in [0.25, 0.3) is 0 Å². The SMILES string of the molecule is C=C[C@@H]1CO[C@@H]2Cc3cc(OC(F)F)ccc3[C@@H]2N1C(=O)OC(C)(C)C. The summed E-state index contributed by atoms with van der Waals surface area (Å²) in [6, 6.07) is 4.10. The van der Waals surface area contributed by atoms with Crippen LogP contribution in [0.15, 0.2) is 30.9 Å². The number of benzene rings is 1. The summed E-state index contributed by atoms with van der Waals surface area (Å²) in [7, 11) is 0. The summed E-state index contributed by atoms with van der Waals surface area (Å²) in [5.41, 5.74) is 1.05. The molecular weight excluding hydrogens is 344 g/mol. The first-order valence-corrected chi connectivity index (χ1v) is 8.52. The molecule has 1 saturated heterocycles. The Kier molecular flexibility index (Phi) is 4.92. The molecule has 3 atom stereocenters. The van der Waals surface area contributed by atoms with Crippen molar-refractivity contribution in [1.29, 1.82) is 0 Å². The van der Waals surface area contributed by atoms with Gasteiger partial charge in [0.15, 0.2) is 0 Å². The molecule has 0 saturated carbocycles. The topological polar surface area (TPSA) is 48.0 Å². The molecule has 5 nitrogen and oxygen atoms in total. The Labute approximate surface area is 151 Å². The van der Waals surface area contributed by atoms with Gasteiger partial charge in [0.1, 0.15) is 11.4 Å². The van der Waals surface area contributed by atoms with Crippen molar-refractivity contribution in [3.05, 3.63) is 42.0 Å². The summed E-state index contributed by atoms with van der Waals surface area (Å²) in [4.78, 5) is 14.5. The standard InChI is InChI=1S/C19H23F2NO4/c1-5-12-10-24-15-9-11-8-13(25-17(20)21)6-7-14(11)16(15)22(12)18(23)26-19(2,3)4/h5-8,12,15-17H,1,9-10H2,2-4H3/t12-,15-,16+/m1/s1. The van der Waals surface area contributed by atoms with Crippen LogP contribution in [-0.4, -0.2) is 42.0 Å². The summed E-state index contributed by atoms with van der Waals surface area (Å²) in [5, 5.41) is 0. The average molecular weight is 367 g/mol. The van der Waals surface area contributed by atoms with E-state index in [1.165, 1.54) is 6.07 Å². The maximum Gasteiger partial charge on any atom is 0.411 e. The lowest BCUT2D eigenvalue weighted by molar-refractivity contribution is -0.0873. The summed E-state index contributed by atoms with van der Waals surface area (Å²) in [6.45, 7) is 6.66. The number of hydrogen-bond acceptors (Lipinski definition) is 4. The molecule has 1 aromatic rings. The third-order valence-corrected chi connectivity index (χ3v) is 4.45. The molecule has 0 spiro atoms. The number of alkyl halides is 2. The fourth-order valence-corrected chi connectivity index (χ4v) is 3.49. The van der Waals surface area contributed by atoms with Crippen LogP contribution in [0, 0.1) is 0 Å². The number of nitrogens with zero attached hydrogens (tertiary/aromatic N) is 1. The van der Waals surface area contributed by atoms with Crippen LogP contribution in [-0.2, 0) is 15.9 Å². The molecule has 1 amide bonds. The highest BCUT2D eigenvalue weighted by atomic mass is 19.3. The number of halogens is 2. The first-order valence-electron chi connectivity index (χ1n) is 8.52. The molecule has 1 heterocycles. The predicted octanol–water partition coefficient (Wildman–Crippen LogP) is 4.08. The Morgan fingerprint density at radius 2 is 2.15 bits per heavy atom. The molecule has 3 rings (SSSR count). The third-order valence-electron chi connectivity index (χ3n) is 4.45. The predicted molar refractivity (Wildman–Crippen MR) is 91.3 cm³/mol. The van der Waals surface area contributed by atoms with Crippen molar-refractivity contribution >= 4 is 6.09 Å². The number of fused-ring (bicyclic) bond motifs is 3. The van der Waals surface area contributed by atoms with E-state index in [-0.39, 0.29) is 23.9 Å². The van der Waals surface area contributed by atoms with E-state index in [2.05, 4.69) is 11.3 Å². The maximum absolute atomic E-state index is 12.8. The molecule has 0 radical (unpaired) electrons. The van der Waals surface area contributed by atoms with E-state index in [0.29, 0.717) is 13.0 Å². The van der Waals surface area contributed by atoms with Crippen LogP contribution >= 0.6 is 0 Å². The summed E-state index contributed by atoms with van der Waals surface area (Å²) >= 11 is 0. The molecule has 0 bridgehead atoms. The smallest absolute Gasteiger partial charge is 0.411 e. The van der Waals surface area contributed by atoms with Gasteiger partial charge in [0, 0.05) is 6.42 Å². The van der Waals surface area contributed by atoms with Crippen LogP contribution < -0.4 is 4.74 Å². The molecule has 1 aromatic carbocycles. The molecule has 142 valence electrons. The monoisotopic (exact) mass is 367 g/mol. The fourth-order valence-electron chi connectivity index (χ4n) is 3.49. The van der Waals surface area contributed by atoms with Crippen LogP contribution in [0.5, 0.6) is 5.75 Å². The zero-order valence-corrected chi connectivity index (χ0v) is 15.1. The summed E-state index contributed by atoms with van der Waals surface area (Å²) < 4.78 is 40.9. The van der Waals surface area contributed by atoms with Gasteiger partial charge in [-0.05, 0) is 44.0 Å². The lowest BCUT2D eigenvalue weighted by Gasteiger charge is -2.43. The molecule has 1 aliphatic heterocycles. The molecule has 0 unspecified atom stereocenters. The van der Waals surface area contributed by atoms with E-state index in [1.54, 1.807) is 23.1 Å². The van der Waals surface area contributed by atoms with Crippen molar-refractivity contribution in [3.8, 4) is 5.75 Å². The first-order chi connectivity index (χ1) is 12.2. The van der Waals surface area contributed by atoms with Gasteiger partial charge in [-0.25, -0.2) is 4.79 Å². The van der Waals surface area contributed by atoms with Crippen molar-refractivity contribution < 1.29 is 27.8 Å². The van der Waals surface area contributed by atoms with Gasteiger partial charge in [-0.1, -0.05) is 12.1 Å². The molecule has 1 aliphatic carbocycles. The zero-order valence-electron chi connectivity index (χ0n) is 15.1. The minimum Gasteiger partial charge on any atom is -0.444 e. The summed E-state index contributed by atoms with van der Waals surface area (Å²) in [5.74, 6) is 0.0986. The molecule has 26 heavy (non-hydrogen) atoms. The third kappa shape index (κ3) is 3.67. The highest BCUT2D eigenvalue weighted by Gasteiger charge is 2.46. The van der Waals surface area contributed by atoms with Crippen LogP contribution in [0.2, 0.25) is 0 Å². The fraction of sp³-hybridized carbons (Fsp3) is 0.526. The van der Waals surface area contributed by atoms with E-state index < -0.39 is 18.3 Å². The minimum atomic E-state index is -2.88. The van der Waals surface area contributed by atoms with Gasteiger partial charge < -0.3 is 14.2 Å². The Bertz CT molecular complexity index is 701. The van der Waals surface area contributed by atoms with Crippen molar-refractivity contribution in [3.63, 3.8) is 0 Å². The number of morpholine rings is 1. The Morgan fingerprint density at radius 3 is 2.77 bits per heavy atom. The van der Waals surface area contributed by atoms with Crippen molar-refractivity contribution in [2.75, 3.05) is 6.61 Å².